The van der Waals surface area contributed by atoms with E-state index in [0.29, 0.717) is 23.5 Å². The molecule has 7 nitrogen and oxygen atoms in total. The molecule has 0 bridgehead atoms. The monoisotopic (exact) mass is 445 g/mol. The van der Waals surface area contributed by atoms with E-state index in [1.165, 1.54) is 49.7 Å². The van der Waals surface area contributed by atoms with Crippen molar-refractivity contribution in [3.63, 3.8) is 0 Å². The summed E-state index contributed by atoms with van der Waals surface area (Å²) in [6.45, 7) is 6.78. The second-order valence-corrected chi connectivity index (χ2v) is 9.74. The van der Waals surface area contributed by atoms with Crippen LogP contribution >= 0.6 is 11.3 Å². The summed E-state index contributed by atoms with van der Waals surface area (Å²) in [6, 6.07) is 11.5. The summed E-state index contributed by atoms with van der Waals surface area (Å²) in [5, 5.41) is 0. The predicted molar refractivity (Wildman–Crippen MR) is 118 cm³/mol. The van der Waals surface area contributed by atoms with E-state index in [4.69, 9.17) is 4.74 Å². The Morgan fingerprint density at radius 3 is 2.53 bits per heavy atom. The Kier molecular flexibility index (Phi) is 6.55. The Balaban J connectivity index is 2.02. The van der Waals surface area contributed by atoms with Crippen LogP contribution in [0.2, 0.25) is 0 Å². The van der Waals surface area contributed by atoms with Crippen molar-refractivity contribution in [3.8, 4) is 5.75 Å². The maximum absolute atomic E-state index is 12.7. The molecular weight excluding hydrogens is 422 g/mol. The van der Waals surface area contributed by atoms with Crippen LogP contribution in [-0.4, -0.2) is 43.9 Å². The second-order valence-electron chi connectivity index (χ2n) is 6.58. The van der Waals surface area contributed by atoms with Gasteiger partial charge in [0.05, 0.1) is 21.7 Å². The molecule has 1 amide bonds. The summed E-state index contributed by atoms with van der Waals surface area (Å²) in [5.41, 5.74) is 1.24. The van der Waals surface area contributed by atoms with Gasteiger partial charge in [0.1, 0.15) is 5.75 Å². The molecule has 0 aliphatic rings. The Labute approximate surface area is 179 Å². The lowest BCUT2D eigenvalue weighted by molar-refractivity contribution is 0.0998. The van der Waals surface area contributed by atoms with Crippen molar-refractivity contribution in [2.45, 2.75) is 18.4 Å². The Morgan fingerprint density at radius 2 is 1.93 bits per heavy atom. The SMILES string of the molecule is C=CCn1c(=NC(=O)c2ccc(S(=O)(=O)N(C)C)cc2)sc2cc(OCC)ccc21. The smallest absolute Gasteiger partial charge is 0.279 e. The van der Waals surface area contributed by atoms with Crippen LogP contribution in [-0.2, 0) is 16.6 Å². The molecule has 0 radical (unpaired) electrons. The number of benzene rings is 2. The second kappa shape index (κ2) is 8.95. The number of ether oxygens (including phenoxy) is 1. The number of rotatable bonds is 7. The minimum absolute atomic E-state index is 0.121. The molecule has 3 aromatic rings. The van der Waals surface area contributed by atoms with Crippen molar-refractivity contribution in [1.82, 2.24) is 8.87 Å². The van der Waals surface area contributed by atoms with Crippen LogP contribution in [0.3, 0.4) is 0 Å². The molecule has 9 heteroatoms. The molecule has 0 saturated carbocycles. The standard InChI is InChI=1S/C21H23N3O4S2/c1-5-13-24-18-12-9-16(28-6-2)14-19(18)29-21(24)22-20(25)15-7-10-17(11-8-15)30(26,27)23(3)4/h5,7-12,14H,1,6,13H2,2-4H3. The van der Waals surface area contributed by atoms with E-state index in [1.807, 2.05) is 29.7 Å². The molecule has 0 unspecified atom stereocenters. The van der Waals surface area contributed by atoms with Gasteiger partial charge in [0.25, 0.3) is 5.91 Å². The zero-order chi connectivity index (χ0) is 21.9. The van der Waals surface area contributed by atoms with Gasteiger partial charge < -0.3 is 9.30 Å². The van der Waals surface area contributed by atoms with Crippen molar-refractivity contribution in [3.05, 3.63) is 65.5 Å². The highest BCUT2D eigenvalue weighted by molar-refractivity contribution is 7.89. The summed E-state index contributed by atoms with van der Waals surface area (Å²) < 4.78 is 33.9. The van der Waals surface area contributed by atoms with Crippen molar-refractivity contribution < 1.29 is 17.9 Å². The predicted octanol–water partition coefficient (Wildman–Crippen LogP) is 3.28. The van der Waals surface area contributed by atoms with E-state index in [0.717, 1.165) is 20.3 Å². The van der Waals surface area contributed by atoms with Crippen LogP contribution in [0, 0.1) is 0 Å². The maximum atomic E-state index is 12.7. The topological polar surface area (TPSA) is 81.0 Å². The molecule has 0 aliphatic carbocycles. The van der Waals surface area contributed by atoms with Gasteiger partial charge in [-0.1, -0.05) is 17.4 Å². The van der Waals surface area contributed by atoms with Crippen LogP contribution in [0.15, 0.2) is 65.0 Å². The first kappa shape index (κ1) is 21.9. The van der Waals surface area contributed by atoms with Crippen LogP contribution in [0.5, 0.6) is 5.75 Å². The van der Waals surface area contributed by atoms with Crippen LogP contribution < -0.4 is 9.54 Å². The normalized spacial score (nSPS) is 12.5. The molecule has 1 heterocycles. The van der Waals surface area contributed by atoms with E-state index in [9.17, 15) is 13.2 Å². The highest BCUT2D eigenvalue weighted by atomic mass is 32.2. The number of amides is 1. The minimum Gasteiger partial charge on any atom is -0.494 e. The largest absolute Gasteiger partial charge is 0.494 e. The van der Waals surface area contributed by atoms with Gasteiger partial charge in [0, 0.05) is 26.2 Å². The average molecular weight is 446 g/mol. The number of hydrogen-bond acceptors (Lipinski definition) is 5. The van der Waals surface area contributed by atoms with Crippen molar-refractivity contribution >= 4 is 37.5 Å². The third-order valence-corrected chi connectivity index (χ3v) is 7.22. The van der Waals surface area contributed by atoms with E-state index in [2.05, 4.69) is 11.6 Å². The van der Waals surface area contributed by atoms with E-state index in [1.54, 1.807) is 6.08 Å². The van der Waals surface area contributed by atoms with E-state index < -0.39 is 15.9 Å². The number of allylic oxidation sites excluding steroid dienone is 1. The molecule has 0 saturated heterocycles. The molecule has 158 valence electrons. The molecule has 3 rings (SSSR count). The van der Waals surface area contributed by atoms with E-state index >= 15 is 0 Å². The number of hydrogen-bond donors (Lipinski definition) is 0. The van der Waals surface area contributed by atoms with Gasteiger partial charge in [-0.3, -0.25) is 4.79 Å². The van der Waals surface area contributed by atoms with Gasteiger partial charge in [-0.2, -0.15) is 4.99 Å². The van der Waals surface area contributed by atoms with Gasteiger partial charge in [-0.15, -0.1) is 6.58 Å². The van der Waals surface area contributed by atoms with Gasteiger partial charge in [0.15, 0.2) is 4.80 Å². The fourth-order valence-electron chi connectivity index (χ4n) is 2.83. The number of sulfonamides is 1. The number of aromatic nitrogens is 1. The van der Waals surface area contributed by atoms with Gasteiger partial charge in [-0.05, 0) is 49.4 Å². The summed E-state index contributed by atoms with van der Waals surface area (Å²) >= 11 is 1.38. The lowest BCUT2D eigenvalue weighted by atomic mass is 10.2. The first-order valence-corrected chi connectivity index (χ1v) is 11.5. The van der Waals surface area contributed by atoms with Crippen LogP contribution in [0.1, 0.15) is 17.3 Å². The van der Waals surface area contributed by atoms with Gasteiger partial charge in [-0.25, -0.2) is 12.7 Å². The van der Waals surface area contributed by atoms with Crippen molar-refractivity contribution in [1.29, 1.82) is 0 Å². The Hall–Kier alpha value is -2.75. The Bertz CT molecular complexity index is 1250. The quantitative estimate of drug-likeness (QED) is 0.523. The average Bonchev–Trinajstić information content (AvgIpc) is 3.05. The summed E-state index contributed by atoms with van der Waals surface area (Å²) in [4.78, 5) is 17.7. The molecule has 0 N–H and O–H groups in total. The van der Waals surface area contributed by atoms with Gasteiger partial charge >= 0.3 is 0 Å². The molecule has 0 spiro atoms. The summed E-state index contributed by atoms with van der Waals surface area (Å²) in [5.74, 6) is 0.311. The molecule has 2 aromatic carbocycles. The van der Waals surface area contributed by atoms with Crippen molar-refractivity contribution in [2.24, 2.45) is 4.99 Å². The van der Waals surface area contributed by atoms with Crippen molar-refractivity contribution in [2.75, 3.05) is 20.7 Å². The molecular formula is C21H23N3O4S2. The number of carbonyl (C=O) groups is 1. The first-order chi connectivity index (χ1) is 14.3. The lowest BCUT2D eigenvalue weighted by Gasteiger charge is -2.11. The fraction of sp³-hybridized carbons (Fsp3) is 0.238. The molecule has 1 aromatic heterocycles. The zero-order valence-electron chi connectivity index (χ0n) is 17.0. The van der Waals surface area contributed by atoms with Gasteiger partial charge in [0.2, 0.25) is 10.0 Å². The van der Waals surface area contributed by atoms with E-state index in [-0.39, 0.29) is 4.90 Å². The summed E-state index contributed by atoms with van der Waals surface area (Å²) in [7, 11) is -0.634. The zero-order valence-corrected chi connectivity index (χ0v) is 18.7. The number of fused-ring (bicyclic) bond motifs is 1. The number of thiazole rings is 1. The number of nitrogens with zero attached hydrogens (tertiary/aromatic N) is 3. The fourth-order valence-corrected chi connectivity index (χ4v) is 4.80. The highest BCUT2D eigenvalue weighted by Gasteiger charge is 2.17. The molecule has 30 heavy (non-hydrogen) atoms. The van der Waals surface area contributed by atoms with Crippen LogP contribution in [0.25, 0.3) is 10.2 Å². The Morgan fingerprint density at radius 1 is 1.23 bits per heavy atom. The highest BCUT2D eigenvalue weighted by Crippen LogP contribution is 2.23. The summed E-state index contributed by atoms with van der Waals surface area (Å²) in [6.07, 6.45) is 1.74. The minimum atomic E-state index is -3.55. The maximum Gasteiger partial charge on any atom is 0.279 e. The lowest BCUT2D eigenvalue weighted by Crippen LogP contribution is -2.22. The third kappa shape index (κ3) is 4.38. The number of carbonyl (C=O) groups excluding carboxylic acids is 1. The third-order valence-electron chi connectivity index (χ3n) is 4.35. The molecule has 0 atom stereocenters. The molecule has 0 fully saturated rings. The van der Waals surface area contributed by atoms with Crippen LogP contribution in [0.4, 0.5) is 0 Å². The molecule has 0 aliphatic heterocycles. The first-order valence-electron chi connectivity index (χ1n) is 9.26.